The molecule has 1 saturated heterocycles. The van der Waals surface area contributed by atoms with Crippen LogP contribution in [-0.2, 0) is 19.1 Å². The second-order valence-corrected chi connectivity index (χ2v) is 16.5. The average molecular weight is 621 g/mol. The van der Waals surface area contributed by atoms with Crippen LogP contribution in [0, 0.1) is 34.0 Å². The Hall–Kier alpha value is -1.16. The SMILES string of the molecule is CC[C@]1(C)C[C@@H](OC(=O)CS[C@@H]2C[C@H](NC(=O)[C@@H]3CCCCN3)CC[C@@H]2O)[C@]2(C)C(C)CCC3(CCC(=O)[C@H]32)[C@@H](C)[C@@H]1O. The van der Waals surface area contributed by atoms with Crippen molar-refractivity contribution in [1.82, 2.24) is 10.6 Å². The molecule has 43 heavy (non-hydrogen) atoms. The first-order valence-electron chi connectivity index (χ1n) is 17.1. The lowest BCUT2D eigenvalue weighted by Crippen LogP contribution is -2.63. The van der Waals surface area contributed by atoms with Crippen LogP contribution in [-0.4, -0.2) is 75.8 Å². The number of nitrogens with one attached hydrogen (secondary N) is 2. The van der Waals surface area contributed by atoms with Gasteiger partial charge in [-0.05, 0) is 93.4 Å². The van der Waals surface area contributed by atoms with E-state index in [1.54, 1.807) is 0 Å². The highest BCUT2D eigenvalue weighted by Crippen LogP contribution is 2.68. The zero-order valence-electron chi connectivity index (χ0n) is 27.0. The van der Waals surface area contributed by atoms with Crippen LogP contribution in [0.5, 0.6) is 0 Å². The summed E-state index contributed by atoms with van der Waals surface area (Å²) in [4.78, 5) is 40.0. The Balaban J connectivity index is 1.28. The molecule has 2 unspecified atom stereocenters. The number of aliphatic hydroxyl groups is 2. The summed E-state index contributed by atoms with van der Waals surface area (Å²) in [6, 6.07) is -0.161. The van der Waals surface area contributed by atoms with Gasteiger partial charge in [0.1, 0.15) is 11.9 Å². The first-order valence-corrected chi connectivity index (χ1v) is 18.1. The standard InChI is InChI=1S/C34H56N2O6S/c1-6-32(4)18-27(33(5)20(2)12-14-34(21(3)30(32)40)15-13-25(38)29(33)34)42-28(39)19-43-26-17-22(10-11-24(26)37)36-31(41)23-9-7-8-16-35-23/h20-24,26-27,29-30,35,37,40H,6-19H2,1-5H3,(H,36,41)/t20?,21-,22+,23-,24-,26+,27+,29-,30-,32+,33-,34?/m0/s1. The molecule has 1 heterocycles. The van der Waals surface area contributed by atoms with E-state index >= 15 is 0 Å². The molecule has 0 spiro atoms. The van der Waals surface area contributed by atoms with E-state index in [2.05, 4.69) is 45.3 Å². The Morgan fingerprint density at radius 2 is 1.86 bits per heavy atom. The number of amides is 1. The van der Waals surface area contributed by atoms with Crippen LogP contribution in [0.3, 0.4) is 0 Å². The second-order valence-electron chi connectivity index (χ2n) is 15.3. The first-order chi connectivity index (χ1) is 20.4. The minimum absolute atomic E-state index is 0.00283. The van der Waals surface area contributed by atoms with Crippen molar-refractivity contribution in [1.29, 1.82) is 0 Å². The number of esters is 1. The summed E-state index contributed by atoms with van der Waals surface area (Å²) in [5.74, 6) is 0.0913. The minimum Gasteiger partial charge on any atom is -0.461 e. The average Bonchev–Trinajstić information content (AvgIpc) is 3.36. The van der Waals surface area contributed by atoms with Gasteiger partial charge in [-0.25, -0.2) is 0 Å². The molecule has 0 aromatic heterocycles. The lowest BCUT2D eigenvalue weighted by molar-refractivity contribution is -0.211. The summed E-state index contributed by atoms with van der Waals surface area (Å²) in [5, 5.41) is 28.9. The number of rotatable bonds is 7. The van der Waals surface area contributed by atoms with Gasteiger partial charge in [0, 0.05) is 29.0 Å². The van der Waals surface area contributed by atoms with E-state index in [-0.39, 0.29) is 63.9 Å². The Morgan fingerprint density at radius 3 is 2.56 bits per heavy atom. The highest BCUT2D eigenvalue weighted by molar-refractivity contribution is 8.00. The van der Waals surface area contributed by atoms with Crippen molar-refractivity contribution in [2.45, 2.75) is 147 Å². The van der Waals surface area contributed by atoms with Crippen molar-refractivity contribution in [3.05, 3.63) is 0 Å². The van der Waals surface area contributed by atoms with Crippen molar-refractivity contribution in [3.8, 4) is 0 Å². The van der Waals surface area contributed by atoms with Gasteiger partial charge in [0.25, 0.3) is 0 Å². The molecule has 4 N–H and O–H groups in total. The van der Waals surface area contributed by atoms with E-state index in [9.17, 15) is 24.6 Å². The molecular weight excluding hydrogens is 564 g/mol. The summed E-state index contributed by atoms with van der Waals surface area (Å²) >= 11 is 1.42. The molecular formula is C34H56N2O6S. The van der Waals surface area contributed by atoms with Crippen molar-refractivity contribution >= 4 is 29.4 Å². The number of Topliss-reactive ketones (excluding diaryl/α,β-unsaturated/α-hetero) is 1. The van der Waals surface area contributed by atoms with Gasteiger partial charge in [-0.15, -0.1) is 11.8 Å². The zero-order chi connectivity index (χ0) is 31.2. The number of carbonyl (C=O) groups is 3. The molecule has 5 fully saturated rings. The molecule has 1 aliphatic heterocycles. The van der Waals surface area contributed by atoms with Gasteiger partial charge >= 0.3 is 5.97 Å². The molecule has 4 aliphatic carbocycles. The third-order valence-corrected chi connectivity index (χ3v) is 14.5. The summed E-state index contributed by atoms with van der Waals surface area (Å²) in [7, 11) is 0. The normalized spacial score (nSPS) is 46.8. The molecule has 1 amide bonds. The predicted molar refractivity (Wildman–Crippen MR) is 168 cm³/mol. The maximum absolute atomic E-state index is 13.6. The Labute approximate surface area is 262 Å². The third kappa shape index (κ3) is 6.06. The number of ketones is 1. The Kier molecular flexibility index (Phi) is 9.98. The molecule has 8 nitrogen and oxygen atoms in total. The number of aliphatic hydroxyl groups excluding tert-OH is 2. The lowest BCUT2D eigenvalue weighted by Gasteiger charge is -2.62. The van der Waals surface area contributed by atoms with Crippen molar-refractivity contribution in [2.24, 2.45) is 34.0 Å². The minimum atomic E-state index is -0.576. The molecule has 0 radical (unpaired) electrons. The number of ether oxygens (including phenoxy) is 1. The number of piperidine rings is 1. The largest absolute Gasteiger partial charge is 0.461 e. The van der Waals surface area contributed by atoms with Crippen LogP contribution < -0.4 is 10.6 Å². The van der Waals surface area contributed by atoms with Crippen LogP contribution in [0.4, 0.5) is 0 Å². The van der Waals surface area contributed by atoms with Gasteiger partial charge in [-0.1, -0.05) is 41.0 Å². The van der Waals surface area contributed by atoms with Crippen molar-refractivity contribution in [3.63, 3.8) is 0 Å². The van der Waals surface area contributed by atoms with Gasteiger partial charge < -0.3 is 25.6 Å². The Morgan fingerprint density at radius 1 is 1.09 bits per heavy atom. The number of hydrogen-bond donors (Lipinski definition) is 4. The molecule has 9 heteroatoms. The fourth-order valence-electron chi connectivity index (χ4n) is 9.88. The highest BCUT2D eigenvalue weighted by atomic mass is 32.2. The van der Waals surface area contributed by atoms with E-state index in [0.717, 1.165) is 57.9 Å². The van der Waals surface area contributed by atoms with Gasteiger partial charge in [-0.2, -0.15) is 0 Å². The number of hydrogen-bond acceptors (Lipinski definition) is 8. The quantitative estimate of drug-likeness (QED) is 0.309. The van der Waals surface area contributed by atoms with Gasteiger partial charge in [-0.3, -0.25) is 14.4 Å². The zero-order valence-corrected chi connectivity index (χ0v) is 27.8. The van der Waals surface area contributed by atoms with Gasteiger partial charge in [0.2, 0.25) is 5.91 Å². The van der Waals surface area contributed by atoms with Crippen molar-refractivity contribution in [2.75, 3.05) is 12.3 Å². The Bertz CT molecular complexity index is 1050. The summed E-state index contributed by atoms with van der Waals surface area (Å²) in [5.41, 5.74) is -1.19. The molecule has 244 valence electrons. The fourth-order valence-corrected chi connectivity index (χ4v) is 11.0. The highest BCUT2D eigenvalue weighted by Gasteiger charge is 2.68. The predicted octanol–water partition coefficient (Wildman–Crippen LogP) is 4.39. The van der Waals surface area contributed by atoms with Gasteiger partial charge in [0.15, 0.2) is 0 Å². The molecule has 12 atom stereocenters. The monoisotopic (exact) mass is 620 g/mol. The molecule has 4 saturated carbocycles. The van der Waals surface area contributed by atoms with Crippen molar-refractivity contribution < 1.29 is 29.3 Å². The molecule has 2 bridgehead atoms. The van der Waals surface area contributed by atoms with E-state index in [0.29, 0.717) is 25.7 Å². The number of thioether (sulfide) groups is 1. The van der Waals surface area contributed by atoms with Crippen LogP contribution in [0.15, 0.2) is 0 Å². The molecule has 0 aromatic rings. The van der Waals surface area contributed by atoms with E-state index < -0.39 is 29.1 Å². The second kappa shape index (κ2) is 12.9. The molecule has 5 rings (SSSR count). The smallest absolute Gasteiger partial charge is 0.316 e. The van der Waals surface area contributed by atoms with E-state index in [4.69, 9.17) is 4.74 Å². The number of carbonyl (C=O) groups excluding carboxylic acids is 3. The summed E-state index contributed by atoms with van der Waals surface area (Å²) in [6.45, 7) is 11.6. The molecule has 5 aliphatic rings. The van der Waals surface area contributed by atoms with Crippen LogP contribution in [0.2, 0.25) is 0 Å². The molecule has 0 aromatic carbocycles. The van der Waals surface area contributed by atoms with Crippen LogP contribution >= 0.6 is 11.8 Å². The topological polar surface area (TPSA) is 125 Å². The van der Waals surface area contributed by atoms with Crippen LogP contribution in [0.1, 0.15) is 112 Å². The maximum atomic E-state index is 13.6. The lowest BCUT2D eigenvalue weighted by atomic mass is 9.43. The maximum Gasteiger partial charge on any atom is 0.316 e. The fraction of sp³-hybridized carbons (Fsp3) is 0.912. The van der Waals surface area contributed by atoms with E-state index in [1.807, 2.05) is 0 Å². The first kappa shape index (κ1) is 33.2. The third-order valence-electron chi connectivity index (χ3n) is 13.1. The summed E-state index contributed by atoms with van der Waals surface area (Å²) < 4.78 is 6.43. The van der Waals surface area contributed by atoms with E-state index in [1.165, 1.54) is 11.8 Å². The van der Waals surface area contributed by atoms with Crippen LogP contribution in [0.25, 0.3) is 0 Å². The van der Waals surface area contributed by atoms with Gasteiger partial charge in [0.05, 0.1) is 24.0 Å². The summed E-state index contributed by atoms with van der Waals surface area (Å²) in [6.07, 6.45) is 7.89.